The van der Waals surface area contributed by atoms with E-state index in [9.17, 15) is 9.59 Å². The van der Waals surface area contributed by atoms with Gasteiger partial charge in [-0.05, 0) is 6.92 Å². The van der Waals surface area contributed by atoms with E-state index in [2.05, 4.69) is 4.98 Å². The fourth-order valence-electron chi connectivity index (χ4n) is 0.637. The Bertz CT molecular complexity index is 314. The summed E-state index contributed by atoms with van der Waals surface area (Å²) in [6.07, 6.45) is 0. The highest BCUT2D eigenvalue weighted by atomic mass is 32.1. The molecule has 0 spiro atoms. The third-order valence-corrected chi connectivity index (χ3v) is 2.06. The Morgan fingerprint density at radius 3 is 2.82 bits per heavy atom. The van der Waals surface area contributed by atoms with Gasteiger partial charge in [0.1, 0.15) is 0 Å². The molecule has 0 aliphatic rings. The summed E-state index contributed by atoms with van der Waals surface area (Å²) < 4.78 is 0. The first kappa shape index (κ1) is 8.00. The van der Waals surface area contributed by atoms with Crippen LogP contribution in [0.15, 0.2) is 10.2 Å². The molecule has 0 aliphatic heterocycles. The lowest BCUT2D eigenvalue weighted by Gasteiger charge is -1.99. The van der Waals surface area contributed by atoms with Gasteiger partial charge in [0.15, 0.2) is 0 Å². The number of aromatic amines is 1. The van der Waals surface area contributed by atoms with Gasteiger partial charge in [-0.2, -0.15) is 0 Å². The lowest BCUT2D eigenvalue weighted by atomic mass is 10.1. The first-order chi connectivity index (χ1) is 5.11. The van der Waals surface area contributed by atoms with Crippen molar-refractivity contribution in [3.8, 4) is 0 Å². The van der Waals surface area contributed by atoms with Gasteiger partial charge in [0, 0.05) is 11.1 Å². The van der Waals surface area contributed by atoms with Crippen LogP contribution in [0.2, 0.25) is 0 Å². The molecular weight excluding hydrogens is 166 g/mol. The monoisotopic (exact) mass is 173 g/mol. The van der Waals surface area contributed by atoms with Crippen molar-refractivity contribution in [2.75, 3.05) is 0 Å². The van der Waals surface area contributed by atoms with Gasteiger partial charge in [0.05, 0.1) is 5.92 Å². The normalized spacial score (nSPS) is 12.8. The maximum Gasteiger partial charge on any atom is 0.312 e. The van der Waals surface area contributed by atoms with Crippen molar-refractivity contribution in [2.24, 2.45) is 0 Å². The second-order valence-electron chi connectivity index (χ2n) is 2.16. The van der Waals surface area contributed by atoms with Gasteiger partial charge in [-0.15, -0.1) is 0 Å². The molecule has 4 nitrogen and oxygen atoms in total. The van der Waals surface area contributed by atoms with Crippen LogP contribution >= 0.6 is 11.3 Å². The van der Waals surface area contributed by atoms with Crippen molar-refractivity contribution >= 4 is 17.3 Å². The number of carboxylic acids is 1. The standard InChI is InChI=1S/C6H7NO3S/c1-3(5(8)9)4-2-11-6(10)7-4/h2-3H,1H3,(H,7,10)(H,8,9). The summed E-state index contributed by atoms with van der Waals surface area (Å²) in [4.78, 5) is 23.2. The van der Waals surface area contributed by atoms with Gasteiger partial charge in [-0.1, -0.05) is 11.3 Å². The molecule has 11 heavy (non-hydrogen) atoms. The van der Waals surface area contributed by atoms with Gasteiger partial charge >= 0.3 is 10.8 Å². The van der Waals surface area contributed by atoms with Crippen LogP contribution in [0.3, 0.4) is 0 Å². The van der Waals surface area contributed by atoms with Crippen molar-refractivity contribution in [3.05, 3.63) is 20.7 Å². The van der Waals surface area contributed by atoms with Gasteiger partial charge in [-0.3, -0.25) is 9.59 Å². The number of aromatic nitrogens is 1. The topological polar surface area (TPSA) is 70.2 Å². The zero-order valence-electron chi connectivity index (χ0n) is 5.83. The number of aliphatic carboxylic acids is 1. The van der Waals surface area contributed by atoms with E-state index in [0.29, 0.717) is 5.69 Å². The number of thiazole rings is 1. The van der Waals surface area contributed by atoms with E-state index in [-0.39, 0.29) is 4.87 Å². The molecule has 5 heteroatoms. The Morgan fingerprint density at radius 2 is 2.45 bits per heavy atom. The zero-order chi connectivity index (χ0) is 8.43. The highest BCUT2D eigenvalue weighted by Gasteiger charge is 2.14. The molecule has 0 saturated carbocycles. The number of nitrogens with one attached hydrogen (secondary N) is 1. The molecule has 0 amide bonds. The van der Waals surface area contributed by atoms with Gasteiger partial charge < -0.3 is 10.1 Å². The maximum atomic E-state index is 10.6. The van der Waals surface area contributed by atoms with Crippen LogP contribution in [0, 0.1) is 0 Å². The van der Waals surface area contributed by atoms with E-state index in [1.54, 1.807) is 0 Å². The van der Waals surface area contributed by atoms with E-state index in [4.69, 9.17) is 5.11 Å². The molecule has 60 valence electrons. The minimum atomic E-state index is -0.931. The molecule has 1 aromatic heterocycles. The van der Waals surface area contributed by atoms with E-state index in [0.717, 1.165) is 11.3 Å². The Balaban J connectivity index is 2.93. The molecule has 1 aromatic rings. The predicted molar refractivity (Wildman–Crippen MR) is 41.0 cm³/mol. The van der Waals surface area contributed by atoms with Crippen molar-refractivity contribution in [3.63, 3.8) is 0 Å². The molecule has 0 saturated heterocycles. The zero-order valence-corrected chi connectivity index (χ0v) is 6.64. The van der Waals surface area contributed by atoms with Crippen LogP contribution in [0.25, 0.3) is 0 Å². The number of H-pyrrole nitrogens is 1. The van der Waals surface area contributed by atoms with Crippen molar-refractivity contribution in [2.45, 2.75) is 12.8 Å². The first-order valence-electron chi connectivity index (χ1n) is 3.02. The van der Waals surface area contributed by atoms with E-state index in [1.165, 1.54) is 12.3 Å². The summed E-state index contributed by atoms with van der Waals surface area (Å²) in [6, 6.07) is 0. The van der Waals surface area contributed by atoms with Gasteiger partial charge in [0.25, 0.3) is 0 Å². The SMILES string of the molecule is CC(C(=O)O)c1csc(=O)[nH]1. The molecule has 0 aliphatic carbocycles. The molecule has 1 heterocycles. The Labute approximate surface area is 66.5 Å². The van der Waals surface area contributed by atoms with E-state index >= 15 is 0 Å². The summed E-state index contributed by atoms with van der Waals surface area (Å²) in [5.74, 6) is -1.56. The third kappa shape index (κ3) is 1.68. The smallest absolute Gasteiger partial charge is 0.312 e. The summed E-state index contributed by atoms with van der Waals surface area (Å²) in [6.45, 7) is 1.53. The van der Waals surface area contributed by atoms with Gasteiger partial charge in [0.2, 0.25) is 0 Å². The highest BCUT2D eigenvalue weighted by molar-refractivity contribution is 7.07. The number of hydrogen-bond donors (Lipinski definition) is 2. The number of carbonyl (C=O) groups is 1. The predicted octanol–water partition coefficient (Wildman–Crippen LogP) is 0.625. The average molecular weight is 173 g/mol. The summed E-state index contributed by atoms with van der Waals surface area (Å²) in [7, 11) is 0. The van der Waals surface area contributed by atoms with Crippen molar-refractivity contribution in [1.82, 2.24) is 4.98 Å². The lowest BCUT2D eigenvalue weighted by Crippen LogP contribution is -2.09. The minimum absolute atomic E-state index is 0.215. The third-order valence-electron chi connectivity index (χ3n) is 1.38. The number of hydrogen-bond acceptors (Lipinski definition) is 3. The van der Waals surface area contributed by atoms with Gasteiger partial charge in [-0.25, -0.2) is 0 Å². The molecule has 2 N–H and O–H groups in total. The first-order valence-corrected chi connectivity index (χ1v) is 3.89. The molecule has 1 unspecified atom stereocenters. The van der Waals surface area contributed by atoms with Crippen LogP contribution in [0.1, 0.15) is 18.5 Å². The fraction of sp³-hybridized carbons (Fsp3) is 0.333. The van der Waals surface area contributed by atoms with Crippen LogP contribution < -0.4 is 4.87 Å². The average Bonchev–Trinajstić information content (AvgIpc) is 2.34. The Kier molecular flexibility index (Phi) is 2.09. The largest absolute Gasteiger partial charge is 0.481 e. The molecule has 0 radical (unpaired) electrons. The number of carboxylic acid groups (broad SMARTS) is 1. The molecule has 0 fully saturated rings. The van der Waals surface area contributed by atoms with Crippen LogP contribution in [0.4, 0.5) is 0 Å². The van der Waals surface area contributed by atoms with Crippen molar-refractivity contribution < 1.29 is 9.90 Å². The lowest BCUT2D eigenvalue weighted by molar-refractivity contribution is -0.138. The molecule has 0 bridgehead atoms. The van der Waals surface area contributed by atoms with E-state index in [1.807, 2.05) is 0 Å². The molecule has 0 aromatic carbocycles. The summed E-state index contributed by atoms with van der Waals surface area (Å²) in [5.41, 5.74) is 0.465. The van der Waals surface area contributed by atoms with Crippen LogP contribution in [-0.4, -0.2) is 16.1 Å². The highest BCUT2D eigenvalue weighted by Crippen LogP contribution is 2.11. The quantitative estimate of drug-likeness (QED) is 0.688. The van der Waals surface area contributed by atoms with Crippen LogP contribution in [0.5, 0.6) is 0 Å². The summed E-state index contributed by atoms with van der Waals surface area (Å²) >= 11 is 0.976. The van der Waals surface area contributed by atoms with Crippen molar-refractivity contribution in [1.29, 1.82) is 0 Å². The Hall–Kier alpha value is -1.10. The fourth-order valence-corrected chi connectivity index (χ4v) is 1.31. The van der Waals surface area contributed by atoms with E-state index < -0.39 is 11.9 Å². The summed E-state index contributed by atoms with van der Waals surface area (Å²) in [5, 5.41) is 10.1. The van der Waals surface area contributed by atoms with Crippen LogP contribution in [-0.2, 0) is 4.79 Å². The second-order valence-corrected chi connectivity index (χ2v) is 3.01. The maximum absolute atomic E-state index is 10.6. The molecule has 1 atom stereocenters. The molecule has 1 rings (SSSR count). The Morgan fingerprint density at radius 1 is 1.82 bits per heavy atom. The minimum Gasteiger partial charge on any atom is -0.481 e. The molecular formula is C6H7NO3S. The second kappa shape index (κ2) is 2.87. The number of rotatable bonds is 2.